The van der Waals surface area contributed by atoms with Crippen LogP contribution in [0.1, 0.15) is 0 Å². The summed E-state index contributed by atoms with van der Waals surface area (Å²) in [7, 11) is 0. The molecule has 5 rings (SSSR count). The van der Waals surface area contributed by atoms with Gasteiger partial charge in [0.1, 0.15) is 0 Å². The summed E-state index contributed by atoms with van der Waals surface area (Å²) in [6.45, 7) is 0. The number of fused-ring (bicyclic) bond motifs is 3. The van der Waals surface area contributed by atoms with E-state index in [4.69, 9.17) is 11.6 Å². The zero-order valence-corrected chi connectivity index (χ0v) is 15.5. The lowest BCUT2D eigenvalue weighted by Gasteiger charge is -2.07. The van der Waals surface area contributed by atoms with Gasteiger partial charge in [-0.3, -0.25) is 0 Å². The number of thiophene rings is 1. The van der Waals surface area contributed by atoms with Crippen LogP contribution in [0.2, 0.25) is 5.02 Å². The van der Waals surface area contributed by atoms with Crippen LogP contribution in [-0.4, -0.2) is 0 Å². The Morgan fingerprint density at radius 2 is 1.31 bits per heavy atom. The standard InChI is InChI=1S/C24H15ClS/c25-19-13-14-21-23(15-19)26-22-8-4-7-20(24(21)22)18-11-9-17(10-12-18)16-5-2-1-3-6-16/h1-15H. The van der Waals surface area contributed by atoms with Crippen LogP contribution in [0.25, 0.3) is 42.4 Å². The number of benzene rings is 4. The molecule has 0 N–H and O–H groups in total. The molecule has 0 spiro atoms. The molecule has 0 aliphatic heterocycles. The van der Waals surface area contributed by atoms with Crippen LogP contribution in [0.15, 0.2) is 91.0 Å². The first-order valence-electron chi connectivity index (χ1n) is 8.56. The maximum Gasteiger partial charge on any atom is 0.0420 e. The van der Waals surface area contributed by atoms with E-state index in [9.17, 15) is 0 Å². The first kappa shape index (κ1) is 15.6. The molecule has 0 saturated carbocycles. The van der Waals surface area contributed by atoms with Crippen molar-refractivity contribution in [2.75, 3.05) is 0 Å². The highest BCUT2D eigenvalue weighted by atomic mass is 35.5. The van der Waals surface area contributed by atoms with Crippen LogP contribution < -0.4 is 0 Å². The maximum atomic E-state index is 6.19. The van der Waals surface area contributed by atoms with Gasteiger partial charge in [0, 0.05) is 25.2 Å². The molecular formula is C24H15ClS. The molecule has 4 aromatic carbocycles. The van der Waals surface area contributed by atoms with Crippen molar-refractivity contribution in [1.82, 2.24) is 0 Å². The smallest absolute Gasteiger partial charge is 0.0420 e. The Kier molecular flexibility index (Phi) is 3.77. The van der Waals surface area contributed by atoms with E-state index in [1.807, 2.05) is 12.1 Å². The molecule has 26 heavy (non-hydrogen) atoms. The zero-order valence-electron chi connectivity index (χ0n) is 13.9. The lowest BCUT2D eigenvalue weighted by molar-refractivity contribution is 1.61. The molecule has 0 unspecified atom stereocenters. The highest BCUT2D eigenvalue weighted by Crippen LogP contribution is 2.41. The molecule has 0 amide bonds. The van der Waals surface area contributed by atoms with Crippen molar-refractivity contribution in [3.63, 3.8) is 0 Å². The average molecular weight is 371 g/mol. The quantitative estimate of drug-likeness (QED) is 0.295. The molecule has 1 heterocycles. The molecule has 2 heteroatoms. The molecule has 0 saturated heterocycles. The summed E-state index contributed by atoms with van der Waals surface area (Å²) >= 11 is 7.99. The van der Waals surface area contributed by atoms with Gasteiger partial charge >= 0.3 is 0 Å². The van der Waals surface area contributed by atoms with Gasteiger partial charge in [0.15, 0.2) is 0 Å². The largest absolute Gasteiger partial charge is 0.135 e. The lowest BCUT2D eigenvalue weighted by atomic mass is 9.97. The SMILES string of the molecule is Clc1ccc2c(c1)sc1cccc(-c3ccc(-c4ccccc4)cc3)c12. The molecule has 0 bridgehead atoms. The van der Waals surface area contributed by atoms with Crippen molar-refractivity contribution in [2.45, 2.75) is 0 Å². The molecular weight excluding hydrogens is 356 g/mol. The van der Waals surface area contributed by atoms with E-state index in [0.29, 0.717) is 0 Å². The Labute approximate surface area is 161 Å². The Morgan fingerprint density at radius 3 is 2.12 bits per heavy atom. The minimum Gasteiger partial charge on any atom is -0.135 e. The summed E-state index contributed by atoms with van der Waals surface area (Å²) in [4.78, 5) is 0. The summed E-state index contributed by atoms with van der Waals surface area (Å²) in [5.74, 6) is 0. The van der Waals surface area contributed by atoms with E-state index < -0.39 is 0 Å². The second-order valence-electron chi connectivity index (χ2n) is 6.36. The topological polar surface area (TPSA) is 0 Å². The van der Waals surface area contributed by atoms with Crippen molar-refractivity contribution < 1.29 is 0 Å². The predicted molar refractivity (Wildman–Crippen MR) is 115 cm³/mol. The Hall–Kier alpha value is -2.61. The first-order chi connectivity index (χ1) is 12.8. The van der Waals surface area contributed by atoms with Gasteiger partial charge in [-0.1, -0.05) is 84.4 Å². The van der Waals surface area contributed by atoms with E-state index in [-0.39, 0.29) is 0 Å². The fourth-order valence-electron chi connectivity index (χ4n) is 3.51. The van der Waals surface area contributed by atoms with E-state index >= 15 is 0 Å². The highest BCUT2D eigenvalue weighted by Gasteiger charge is 2.11. The summed E-state index contributed by atoms with van der Waals surface area (Å²) in [5, 5.41) is 3.38. The monoisotopic (exact) mass is 370 g/mol. The highest BCUT2D eigenvalue weighted by molar-refractivity contribution is 7.26. The minimum absolute atomic E-state index is 0.790. The van der Waals surface area contributed by atoms with E-state index in [1.54, 1.807) is 11.3 Å². The third-order valence-electron chi connectivity index (χ3n) is 4.76. The molecule has 0 radical (unpaired) electrons. The summed E-state index contributed by atoms with van der Waals surface area (Å²) in [6, 6.07) is 32.0. The van der Waals surface area contributed by atoms with Gasteiger partial charge in [0.05, 0.1) is 0 Å². The first-order valence-corrected chi connectivity index (χ1v) is 9.76. The fourth-order valence-corrected chi connectivity index (χ4v) is 4.92. The summed E-state index contributed by atoms with van der Waals surface area (Å²) in [5.41, 5.74) is 5.00. The van der Waals surface area contributed by atoms with Crippen LogP contribution >= 0.6 is 22.9 Å². The number of hydrogen-bond acceptors (Lipinski definition) is 1. The van der Waals surface area contributed by atoms with Crippen molar-refractivity contribution in [3.8, 4) is 22.3 Å². The lowest BCUT2D eigenvalue weighted by Crippen LogP contribution is -1.81. The second kappa shape index (κ2) is 6.28. The second-order valence-corrected chi connectivity index (χ2v) is 7.88. The Bertz CT molecular complexity index is 1220. The van der Waals surface area contributed by atoms with Crippen molar-refractivity contribution in [3.05, 3.63) is 96.0 Å². The summed E-state index contributed by atoms with van der Waals surface area (Å²) < 4.78 is 2.53. The molecule has 0 aliphatic rings. The maximum absolute atomic E-state index is 6.19. The minimum atomic E-state index is 0.790. The third-order valence-corrected chi connectivity index (χ3v) is 6.12. The number of halogens is 1. The number of hydrogen-bond donors (Lipinski definition) is 0. The van der Waals surface area contributed by atoms with Crippen LogP contribution in [-0.2, 0) is 0 Å². The van der Waals surface area contributed by atoms with E-state index in [1.165, 1.54) is 42.4 Å². The van der Waals surface area contributed by atoms with Crippen molar-refractivity contribution in [2.24, 2.45) is 0 Å². The van der Waals surface area contributed by atoms with Gasteiger partial charge in [-0.2, -0.15) is 0 Å². The zero-order chi connectivity index (χ0) is 17.5. The normalized spacial score (nSPS) is 11.3. The predicted octanol–water partition coefficient (Wildman–Crippen LogP) is 8.04. The fraction of sp³-hybridized carbons (Fsp3) is 0. The van der Waals surface area contributed by atoms with Crippen LogP contribution in [0.5, 0.6) is 0 Å². The molecule has 124 valence electrons. The van der Waals surface area contributed by atoms with Gasteiger partial charge in [0.2, 0.25) is 0 Å². The molecule has 5 aromatic rings. The molecule has 0 nitrogen and oxygen atoms in total. The van der Waals surface area contributed by atoms with Crippen LogP contribution in [0.4, 0.5) is 0 Å². The van der Waals surface area contributed by atoms with Gasteiger partial charge in [-0.15, -0.1) is 11.3 Å². The van der Waals surface area contributed by atoms with Crippen LogP contribution in [0, 0.1) is 0 Å². The van der Waals surface area contributed by atoms with Crippen LogP contribution in [0.3, 0.4) is 0 Å². The van der Waals surface area contributed by atoms with Gasteiger partial charge in [-0.05, 0) is 40.5 Å². The Morgan fingerprint density at radius 1 is 0.577 bits per heavy atom. The van der Waals surface area contributed by atoms with Gasteiger partial charge in [-0.25, -0.2) is 0 Å². The van der Waals surface area contributed by atoms with E-state index in [0.717, 1.165) is 5.02 Å². The molecule has 0 aliphatic carbocycles. The van der Waals surface area contributed by atoms with Crippen molar-refractivity contribution in [1.29, 1.82) is 0 Å². The van der Waals surface area contributed by atoms with Gasteiger partial charge in [0.25, 0.3) is 0 Å². The molecule has 0 fully saturated rings. The third kappa shape index (κ3) is 2.61. The van der Waals surface area contributed by atoms with Gasteiger partial charge < -0.3 is 0 Å². The van der Waals surface area contributed by atoms with Crippen molar-refractivity contribution >= 4 is 43.1 Å². The molecule has 0 atom stereocenters. The summed E-state index contributed by atoms with van der Waals surface area (Å²) in [6.07, 6.45) is 0. The average Bonchev–Trinajstić information content (AvgIpc) is 3.06. The Balaban J connectivity index is 1.68. The molecule has 1 aromatic heterocycles. The number of rotatable bonds is 2. The van der Waals surface area contributed by atoms with E-state index in [2.05, 4.69) is 78.9 Å².